The molecule has 0 saturated heterocycles. The molecular formula is C19H20NO2S+. The summed E-state index contributed by atoms with van der Waals surface area (Å²) in [6, 6.07) is 20.7. The van der Waals surface area contributed by atoms with E-state index < -0.39 is 15.1 Å². The van der Waals surface area contributed by atoms with Crippen LogP contribution in [0, 0.1) is 6.92 Å². The van der Waals surface area contributed by atoms with Crippen LogP contribution in [-0.2, 0) is 9.84 Å². The molecule has 0 spiro atoms. The first kappa shape index (κ1) is 15.7. The van der Waals surface area contributed by atoms with E-state index in [1.54, 1.807) is 12.1 Å². The van der Waals surface area contributed by atoms with Crippen LogP contribution in [0.15, 0.2) is 71.6 Å². The van der Waals surface area contributed by atoms with Crippen LogP contribution in [0.3, 0.4) is 0 Å². The molecule has 4 heteroatoms. The second-order valence-electron chi connectivity index (χ2n) is 5.70. The lowest BCUT2D eigenvalue weighted by Crippen LogP contribution is -2.54. The van der Waals surface area contributed by atoms with Crippen LogP contribution < -0.4 is 5.73 Å². The maximum atomic E-state index is 13.1. The van der Waals surface area contributed by atoms with E-state index in [2.05, 4.69) is 5.73 Å². The number of fused-ring (bicyclic) bond motifs is 1. The molecule has 0 aliphatic rings. The topological polar surface area (TPSA) is 61.8 Å². The average Bonchev–Trinajstić information content (AvgIpc) is 2.56. The summed E-state index contributed by atoms with van der Waals surface area (Å²) in [5.74, 6) is 0. The Balaban J connectivity index is 2.17. The van der Waals surface area contributed by atoms with E-state index in [1.165, 1.54) is 0 Å². The van der Waals surface area contributed by atoms with Crippen LogP contribution >= 0.6 is 0 Å². The van der Waals surface area contributed by atoms with Gasteiger partial charge in [0.2, 0.25) is 0 Å². The van der Waals surface area contributed by atoms with Crippen molar-refractivity contribution >= 4 is 20.6 Å². The number of aryl methyl sites for hydroxylation is 1. The van der Waals surface area contributed by atoms with Gasteiger partial charge in [0.05, 0.1) is 11.4 Å². The molecule has 0 fully saturated rings. The van der Waals surface area contributed by atoms with Crippen molar-refractivity contribution < 1.29 is 14.2 Å². The molecule has 118 valence electrons. The van der Waals surface area contributed by atoms with Gasteiger partial charge in [0, 0.05) is 0 Å². The maximum absolute atomic E-state index is 13.1. The molecule has 0 bridgehead atoms. The third-order valence-corrected chi connectivity index (χ3v) is 6.32. The van der Waals surface area contributed by atoms with E-state index in [0.29, 0.717) is 11.4 Å². The molecule has 3 N–H and O–H groups in total. The lowest BCUT2D eigenvalue weighted by Gasteiger charge is -2.17. The highest BCUT2D eigenvalue weighted by atomic mass is 32.2. The van der Waals surface area contributed by atoms with Gasteiger partial charge in [0.15, 0.2) is 9.84 Å². The molecule has 1 atom stereocenters. The summed E-state index contributed by atoms with van der Waals surface area (Å²) in [6.45, 7) is 2.24. The minimum absolute atomic E-state index is 0.296. The van der Waals surface area contributed by atoms with Gasteiger partial charge in [-0.2, -0.15) is 0 Å². The zero-order chi connectivity index (χ0) is 16.4. The summed E-state index contributed by atoms with van der Waals surface area (Å²) < 4.78 is 26.2. The second-order valence-corrected chi connectivity index (χ2v) is 7.83. The van der Waals surface area contributed by atoms with Gasteiger partial charge in [-0.05, 0) is 35.4 Å². The van der Waals surface area contributed by atoms with Crippen molar-refractivity contribution in [3.05, 3.63) is 77.9 Å². The molecule has 0 amide bonds. The first-order valence-electron chi connectivity index (χ1n) is 7.61. The Morgan fingerprint density at radius 3 is 2.26 bits per heavy atom. The fourth-order valence-electron chi connectivity index (χ4n) is 2.90. The minimum atomic E-state index is -3.47. The van der Waals surface area contributed by atoms with E-state index in [-0.39, 0.29) is 0 Å². The number of rotatable bonds is 4. The normalized spacial score (nSPS) is 13.1. The Hall–Kier alpha value is -2.17. The van der Waals surface area contributed by atoms with Crippen molar-refractivity contribution in [2.45, 2.75) is 17.1 Å². The maximum Gasteiger partial charge on any atom is 0.190 e. The summed E-state index contributed by atoms with van der Waals surface area (Å²) in [7, 11) is -3.47. The Bertz CT molecular complexity index is 926. The third kappa shape index (κ3) is 2.87. The average molecular weight is 326 g/mol. The third-order valence-electron chi connectivity index (χ3n) is 4.16. The first-order chi connectivity index (χ1) is 11.0. The Labute approximate surface area is 136 Å². The van der Waals surface area contributed by atoms with Gasteiger partial charge in [0.1, 0.15) is 5.25 Å². The Kier molecular flexibility index (Phi) is 4.20. The molecule has 0 aromatic heterocycles. The number of quaternary nitrogens is 1. The minimum Gasteiger partial charge on any atom is -0.356 e. The van der Waals surface area contributed by atoms with Crippen LogP contribution in [0.1, 0.15) is 16.4 Å². The zero-order valence-electron chi connectivity index (χ0n) is 13.1. The molecule has 0 aliphatic heterocycles. The van der Waals surface area contributed by atoms with Gasteiger partial charge >= 0.3 is 0 Å². The summed E-state index contributed by atoms with van der Waals surface area (Å²) in [6.07, 6.45) is 0. The molecule has 23 heavy (non-hydrogen) atoms. The largest absolute Gasteiger partial charge is 0.356 e. The van der Waals surface area contributed by atoms with E-state index >= 15 is 0 Å². The monoisotopic (exact) mass is 326 g/mol. The molecule has 0 heterocycles. The summed E-state index contributed by atoms with van der Waals surface area (Å²) >= 11 is 0. The van der Waals surface area contributed by atoms with Crippen LogP contribution in [0.5, 0.6) is 0 Å². The second kappa shape index (κ2) is 6.14. The van der Waals surface area contributed by atoms with Crippen LogP contribution in [0.2, 0.25) is 0 Å². The highest BCUT2D eigenvalue weighted by Crippen LogP contribution is 2.32. The quantitative estimate of drug-likeness (QED) is 0.801. The fraction of sp³-hybridized carbons (Fsp3) is 0.158. The Morgan fingerprint density at radius 2 is 1.57 bits per heavy atom. The van der Waals surface area contributed by atoms with Crippen molar-refractivity contribution in [1.29, 1.82) is 0 Å². The molecule has 3 rings (SSSR count). The standard InChI is InChI=1S/C19H19NO2S/c1-14-9-11-16(12-10-14)23(21,22)19(13-20)18-8-4-6-15-5-2-3-7-17(15)18/h2-12,19H,13,20H2,1H3/p+1/t19-/m1/s1. The van der Waals surface area contributed by atoms with Crippen molar-refractivity contribution in [3.63, 3.8) is 0 Å². The van der Waals surface area contributed by atoms with Gasteiger partial charge < -0.3 is 5.73 Å². The van der Waals surface area contributed by atoms with Crippen LogP contribution in [0.25, 0.3) is 10.8 Å². The lowest BCUT2D eigenvalue weighted by atomic mass is 10.0. The predicted octanol–water partition coefficient (Wildman–Crippen LogP) is 2.91. The molecule has 3 nitrogen and oxygen atoms in total. The van der Waals surface area contributed by atoms with E-state index in [0.717, 1.165) is 21.9 Å². The SMILES string of the molecule is Cc1ccc(S(=O)(=O)[C@H](C[NH3+])c2cccc3ccccc23)cc1. The van der Waals surface area contributed by atoms with Gasteiger partial charge in [-0.3, -0.25) is 0 Å². The molecule has 3 aromatic carbocycles. The fourth-order valence-corrected chi connectivity index (χ4v) is 4.60. The molecule has 3 aromatic rings. The summed E-state index contributed by atoms with van der Waals surface area (Å²) in [4.78, 5) is 0.352. The van der Waals surface area contributed by atoms with Crippen molar-refractivity contribution in [1.82, 2.24) is 0 Å². The van der Waals surface area contributed by atoms with Gasteiger partial charge in [0.25, 0.3) is 0 Å². The van der Waals surface area contributed by atoms with Gasteiger partial charge in [-0.1, -0.05) is 60.2 Å². The van der Waals surface area contributed by atoms with E-state index in [1.807, 2.05) is 61.5 Å². The van der Waals surface area contributed by atoms with Gasteiger partial charge in [-0.25, -0.2) is 8.42 Å². The zero-order valence-corrected chi connectivity index (χ0v) is 13.9. The molecule has 0 aliphatic carbocycles. The lowest BCUT2D eigenvalue weighted by molar-refractivity contribution is -0.367. The molecule has 0 unspecified atom stereocenters. The summed E-state index contributed by atoms with van der Waals surface area (Å²) in [5, 5.41) is 1.37. The smallest absolute Gasteiger partial charge is 0.190 e. The van der Waals surface area contributed by atoms with Crippen molar-refractivity contribution in [3.8, 4) is 0 Å². The molecule has 0 saturated carbocycles. The van der Waals surface area contributed by atoms with Crippen molar-refractivity contribution in [2.24, 2.45) is 0 Å². The first-order valence-corrected chi connectivity index (χ1v) is 9.16. The molecular weight excluding hydrogens is 306 g/mol. The highest BCUT2D eigenvalue weighted by Gasteiger charge is 2.30. The summed E-state index contributed by atoms with van der Waals surface area (Å²) in [5.41, 5.74) is 5.76. The Morgan fingerprint density at radius 1 is 0.913 bits per heavy atom. The number of hydrogen-bond donors (Lipinski definition) is 1. The predicted molar refractivity (Wildman–Crippen MR) is 92.8 cm³/mol. The van der Waals surface area contributed by atoms with E-state index in [4.69, 9.17) is 0 Å². The number of benzene rings is 3. The van der Waals surface area contributed by atoms with Crippen molar-refractivity contribution in [2.75, 3.05) is 6.54 Å². The number of sulfone groups is 1. The number of hydrogen-bond acceptors (Lipinski definition) is 2. The highest BCUT2D eigenvalue weighted by molar-refractivity contribution is 7.91. The van der Waals surface area contributed by atoms with E-state index in [9.17, 15) is 8.42 Å². The van der Waals surface area contributed by atoms with Crippen LogP contribution in [0.4, 0.5) is 0 Å². The van der Waals surface area contributed by atoms with Crippen LogP contribution in [-0.4, -0.2) is 15.0 Å². The molecule has 0 radical (unpaired) electrons. The van der Waals surface area contributed by atoms with Gasteiger partial charge in [-0.15, -0.1) is 0 Å².